The van der Waals surface area contributed by atoms with E-state index in [1.807, 2.05) is 30.3 Å². The van der Waals surface area contributed by atoms with Crippen molar-refractivity contribution in [2.45, 2.75) is 18.9 Å². The van der Waals surface area contributed by atoms with Gasteiger partial charge in [-0.1, -0.05) is 54.6 Å². The molecule has 1 N–H and O–H groups in total. The number of ether oxygens (including phenoxy) is 2. The Bertz CT molecular complexity index is 751. The largest absolute Gasteiger partial charge is 0.497 e. The highest BCUT2D eigenvalue weighted by Crippen LogP contribution is 2.30. The molecule has 0 aliphatic carbocycles. The smallest absolute Gasteiger partial charge is 0.118 e. The quantitative estimate of drug-likeness (QED) is 0.543. The van der Waals surface area contributed by atoms with E-state index in [2.05, 4.69) is 53.8 Å². The van der Waals surface area contributed by atoms with Gasteiger partial charge in [0.25, 0.3) is 0 Å². The predicted octanol–water partition coefficient (Wildman–Crippen LogP) is 5.02. The molecule has 0 spiro atoms. The number of hydrogen-bond donors (Lipinski definition) is 1. The van der Waals surface area contributed by atoms with Gasteiger partial charge >= 0.3 is 0 Å². The van der Waals surface area contributed by atoms with Crippen LogP contribution in [0.15, 0.2) is 78.9 Å². The van der Waals surface area contributed by atoms with Crippen molar-refractivity contribution in [1.29, 1.82) is 0 Å². The predicted molar refractivity (Wildman–Crippen MR) is 111 cm³/mol. The molecule has 0 saturated heterocycles. The van der Waals surface area contributed by atoms with E-state index in [0.29, 0.717) is 5.92 Å². The van der Waals surface area contributed by atoms with Crippen molar-refractivity contribution >= 4 is 0 Å². The van der Waals surface area contributed by atoms with Crippen LogP contribution in [-0.4, -0.2) is 20.8 Å². The van der Waals surface area contributed by atoms with Gasteiger partial charge < -0.3 is 14.8 Å². The molecule has 0 atom stereocenters. The van der Waals surface area contributed by atoms with E-state index in [9.17, 15) is 0 Å². The van der Waals surface area contributed by atoms with E-state index in [1.54, 1.807) is 14.2 Å². The van der Waals surface area contributed by atoms with Crippen LogP contribution in [0.4, 0.5) is 0 Å². The average Bonchev–Trinajstić information content (AvgIpc) is 2.75. The maximum absolute atomic E-state index is 5.30. The van der Waals surface area contributed by atoms with Crippen LogP contribution in [0.2, 0.25) is 0 Å². The molecule has 0 fully saturated rings. The van der Waals surface area contributed by atoms with Gasteiger partial charge in [-0.15, -0.1) is 0 Å². The summed E-state index contributed by atoms with van der Waals surface area (Å²) in [6.45, 7) is 1.83. The number of benzene rings is 3. The highest BCUT2D eigenvalue weighted by atomic mass is 16.5. The summed E-state index contributed by atoms with van der Waals surface area (Å²) in [6.07, 6.45) is 1.02. The first kappa shape index (κ1) is 19.0. The molecule has 3 rings (SSSR count). The van der Waals surface area contributed by atoms with Gasteiger partial charge in [0.2, 0.25) is 0 Å². The second-order valence-corrected chi connectivity index (χ2v) is 6.55. The van der Waals surface area contributed by atoms with E-state index in [1.165, 1.54) is 16.7 Å². The summed E-state index contributed by atoms with van der Waals surface area (Å²) in [6, 6.07) is 27.3. The molecule has 0 bridgehead atoms. The molecule has 0 aliphatic rings. The molecule has 27 heavy (non-hydrogen) atoms. The molecular weight excluding hydrogens is 334 g/mol. The van der Waals surface area contributed by atoms with Crippen LogP contribution in [0.5, 0.6) is 11.5 Å². The number of methoxy groups -OCH3 is 2. The summed E-state index contributed by atoms with van der Waals surface area (Å²) in [4.78, 5) is 0. The van der Waals surface area contributed by atoms with Gasteiger partial charge in [-0.25, -0.2) is 0 Å². The lowest BCUT2D eigenvalue weighted by atomic mass is 9.88. The Labute approximate surface area is 162 Å². The molecule has 0 saturated carbocycles. The summed E-state index contributed by atoms with van der Waals surface area (Å²) < 4.78 is 10.6. The summed E-state index contributed by atoms with van der Waals surface area (Å²) in [5.74, 6) is 2.09. The van der Waals surface area contributed by atoms with Crippen molar-refractivity contribution in [3.63, 3.8) is 0 Å². The Morgan fingerprint density at radius 3 is 1.70 bits per heavy atom. The zero-order chi connectivity index (χ0) is 18.9. The van der Waals surface area contributed by atoms with Gasteiger partial charge in [0.15, 0.2) is 0 Å². The monoisotopic (exact) mass is 361 g/mol. The lowest BCUT2D eigenvalue weighted by Gasteiger charge is -2.19. The lowest BCUT2D eigenvalue weighted by molar-refractivity contribution is 0.414. The Morgan fingerprint density at radius 1 is 0.704 bits per heavy atom. The van der Waals surface area contributed by atoms with E-state index >= 15 is 0 Å². The fourth-order valence-corrected chi connectivity index (χ4v) is 3.27. The van der Waals surface area contributed by atoms with E-state index in [4.69, 9.17) is 9.47 Å². The summed E-state index contributed by atoms with van der Waals surface area (Å²) in [5, 5.41) is 3.57. The highest BCUT2D eigenvalue weighted by molar-refractivity contribution is 5.38. The van der Waals surface area contributed by atoms with Gasteiger partial charge in [-0.3, -0.25) is 0 Å². The van der Waals surface area contributed by atoms with Crippen LogP contribution < -0.4 is 14.8 Å². The second-order valence-electron chi connectivity index (χ2n) is 6.55. The molecule has 3 aromatic rings. The molecule has 0 heterocycles. The Hall–Kier alpha value is -2.78. The molecule has 0 aliphatic heterocycles. The molecule has 3 heteroatoms. The van der Waals surface area contributed by atoms with Gasteiger partial charge in [-0.2, -0.15) is 0 Å². The SMILES string of the molecule is COc1ccc(C(CCNCc2ccccc2)c2ccc(OC)cc2)cc1. The molecule has 0 radical (unpaired) electrons. The van der Waals surface area contributed by atoms with Crippen LogP contribution in [0.1, 0.15) is 29.0 Å². The van der Waals surface area contributed by atoms with Gasteiger partial charge in [-0.05, 0) is 53.9 Å². The molecular formula is C24H27NO2. The minimum atomic E-state index is 0.324. The van der Waals surface area contributed by atoms with Crippen LogP contribution >= 0.6 is 0 Å². The lowest BCUT2D eigenvalue weighted by Crippen LogP contribution is -2.17. The van der Waals surface area contributed by atoms with Crippen molar-refractivity contribution in [3.8, 4) is 11.5 Å². The summed E-state index contributed by atoms with van der Waals surface area (Å²) >= 11 is 0. The summed E-state index contributed by atoms with van der Waals surface area (Å²) in [7, 11) is 3.40. The van der Waals surface area contributed by atoms with E-state index in [-0.39, 0.29) is 0 Å². The maximum Gasteiger partial charge on any atom is 0.118 e. The third-order valence-corrected chi connectivity index (χ3v) is 4.82. The van der Waals surface area contributed by atoms with Crippen LogP contribution in [0, 0.1) is 0 Å². The number of nitrogens with one attached hydrogen (secondary N) is 1. The number of hydrogen-bond acceptors (Lipinski definition) is 3. The zero-order valence-corrected chi connectivity index (χ0v) is 16.0. The van der Waals surface area contributed by atoms with Gasteiger partial charge in [0, 0.05) is 12.5 Å². The van der Waals surface area contributed by atoms with Crippen molar-refractivity contribution in [2.24, 2.45) is 0 Å². The summed E-state index contributed by atoms with van der Waals surface area (Å²) in [5.41, 5.74) is 3.90. The van der Waals surface area contributed by atoms with Gasteiger partial charge in [0.05, 0.1) is 14.2 Å². The first-order valence-electron chi connectivity index (χ1n) is 9.32. The Morgan fingerprint density at radius 2 is 1.22 bits per heavy atom. The van der Waals surface area contributed by atoms with Crippen molar-refractivity contribution in [2.75, 3.05) is 20.8 Å². The Balaban J connectivity index is 1.70. The van der Waals surface area contributed by atoms with Crippen molar-refractivity contribution < 1.29 is 9.47 Å². The molecule has 3 aromatic carbocycles. The third kappa shape index (κ3) is 5.35. The van der Waals surface area contributed by atoms with Crippen molar-refractivity contribution in [3.05, 3.63) is 95.6 Å². The fourth-order valence-electron chi connectivity index (χ4n) is 3.27. The average molecular weight is 361 g/mol. The van der Waals surface area contributed by atoms with E-state index < -0.39 is 0 Å². The van der Waals surface area contributed by atoms with Crippen LogP contribution in [-0.2, 0) is 6.54 Å². The third-order valence-electron chi connectivity index (χ3n) is 4.82. The van der Waals surface area contributed by atoms with Crippen molar-refractivity contribution in [1.82, 2.24) is 5.32 Å². The maximum atomic E-state index is 5.30. The molecule has 3 nitrogen and oxygen atoms in total. The first-order chi connectivity index (χ1) is 13.3. The van der Waals surface area contributed by atoms with E-state index in [0.717, 1.165) is 31.0 Å². The first-order valence-corrected chi connectivity index (χ1v) is 9.32. The normalized spacial score (nSPS) is 10.8. The second kappa shape index (κ2) is 9.79. The topological polar surface area (TPSA) is 30.5 Å². The highest BCUT2D eigenvalue weighted by Gasteiger charge is 2.14. The molecule has 0 amide bonds. The molecule has 140 valence electrons. The zero-order valence-electron chi connectivity index (χ0n) is 16.0. The standard InChI is InChI=1S/C24H27NO2/c1-26-22-12-8-20(9-13-22)24(21-10-14-23(27-2)15-11-21)16-17-25-18-19-6-4-3-5-7-19/h3-15,24-25H,16-18H2,1-2H3. The fraction of sp³-hybridized carbons (Fsp3) is 0.250. The minimum Gasteiger partial charge on any atom is -0.497 e. The van der Waals surface area contributed by atoms with Crippen LogP contribution in [0.3, 0.4) is 0 Å². The minimum absolute atomic E-state index is 0.324. The molecule has 0 unspecified atom stereocenters. The molecule has 0 aromatic heterocycles. The number of rotatable bonds is 9. The van der Waals surface area contributed by atoms with Gasteiger partial charge in [0.1, 0.15) is 11.5 Å². The van der Waals surface area contributed by atoms with Crippen LogP contribution in [0.25, 0.3) is 0 Å². The Kier molecular flexibility index (Phi) is 6.89.